The molecule has 7 nitrogen and oxygen atoms in total. The molecule has 0 spiro atoms. The minimum atomic E-state index is 0.652. The molecular formula is C21H17N5O2S. The van der Waals surface area contributed by atoms with Gasteiger partial charge in [-0.1, -0.05) is 6.07 Å². The number of benzene rings is 1. The summed E-state index contributed by atoms with van der Waals surface area (Å²) in [4.78, 5) is 11.0. The molecule has 0 saturated carbocycles. The lowest BCUT2D eigenvalue weighted by molar-refractivity contribution is 0.355. The number of ether oxygens (including phenoxy) is 2. The Bertz CT molecular complexity index is 1290. The first kappa shape index (κ1) is 17.4. The van der Waals surface area contributed by atoms with E-state index in [2.05, 4.69) is 27.4 Å². The zero-order chi connectivity index (χ0) is 19.8. The van der Waals surface area contributed by atoms with E-state index in [1.807, 2.05) is 47.1 Å². The van der Waals surface area contributed by atoms with E-state index in [0.717, 1.165) is 32.1 Å². The van der Waals surface area contributed by atoms with Crippen LogP contribution >= 0.6 is 11.3 Å². The molecule has 5 rings (SSSR count). The molecule has 0 aliphatic heterocycles. The van der Waals surface area contributed by atoms with Gasteiger partial charge in [0.25, 0.3) is 0 Å². The number of aromatic nitrogens is 4. The van der Waals surface area contributed by atoms with E-state index >= 15 is 0 Å². The van der Waals surface area contributed by atoms with E-state index in [9.17, 15) is 0 Å². The number of nitrogens with one attached hydrogen (secondary N) is 1. The lowest BCUT2D eigenvalue weighted by atomic mass is 10.2. The molecule has 0 unspecified atom stereocenters. The number of hydrogen-bond donors (Lipinski definition) is 1. The van der Waals surface area contributed by atoms with E-state index in [1.54, 1.807) is 31.8 Å². The van der Waals surface area contributed by atoms with Gasteiger partial charge in [-0.2, -0.15) is 0 Å². The summed E-state index contributed by atoms with van der Waals surface area (Å²) in [6, 6.07) is 15.6. The average molecular weight is 403 g/mol. The van der Waals surface area contributed by atoms with Crippen LogP contribution < -0.4 is 14.8 Å². The average Bonchev–Trinajstić information content (AvgIpc) is 3.37. The molecule has 4 aromatic heterocycles. The van der Waals surface area contributed by atoms with Gasteiger partial charge in [-0.3, -0.25) is 0 Å². The van der Waals surface area contributed by atoms with Crippen LogP contribution in [0.4, 0.5) is 11.5 Å². The number of anilines is 2. The smallest absolute Gasteiger partial charge is 0.162 e. The number of pyridine rings is 1. The van der Waals surface area contributed by atoms with Crippen LogP contribution in [0.1, 0.15) is 0 Å². The molecule has 0 bridgehead atoms. The van der Waals surface area contributed by atoms with Crippen molar-refractivity contribution in [2.75, 3.05) is 19.5 Å². The third-order valence-electron chi connectivity index (χ3n) is 4.56. The largest absolute Gasteiger partial charge is 0.493 e. The summed E-state index contributed by atoms with van der Waals surface area (Å²) in [5.74, 6) is 2.03. The van der Waals surface area contributed by atoms with Crippen LogP contribution in [0.2, 0.25) is 0 Å². The molecule has 0 fully saturated rings. The summed E-state index contributed by atoms with van der Waals surface area (Å²) in [7, 11) is 3.23. The molecule has 1 N–H and O–H groups in total. The van der Waals surface area contributed by atoms with Crippen LogP contribution in [0.3, 0.4) is 0 Å². The first-order chi connectivity index (χ1) is 14.2. The predicted octanol–water partition coefficient (Wildman–Crippen LogP) is 4.77. The van der Waals surface area contributed by atoms with E-state index in [-0.39, 0.29) is 0 Å². The Morgan fingerprint density at radius 1 is 0.966 bits per heavy atom. The maximum absolute atomic E-state index is 5.37. The fourth-order valence-electron chi connectivity index (χ4n) is 3.17. The summed E-state index contributed by atoms with van der Waals surface area (Å²) in [6.45, 7) is 0. The van der Waals surface area contributed by atoms with E-state index < -0.39 is 0 Å². The van der Waals surface area contributed by atoms with Crippen LogP contribution in [0.25, 0.3) is 26.4 Å². The topological polar surface area (TPSA) is 73.6 Å². The SMILES string of the molecule is COc1ccc(Nc2ccc3ncc(-c4cc5cccnc5s4)n3n2)cc1OC. The van der Waals surface area contributed by atoms with Crippen molar-refractivity contribution in [2.45, 2.75) is 0 Å². The Morgan fingerprint density at radius 3 is 2.69 bits per heavy atom. The van der Waals surface area contributed by atoms with Gasteiger partial charge in [-0.05, 0) is 36.4 Å². The second-order valence-corrected chi connectivity index (χ2v) is 7.37. The lowest BCUT2D eigenvalue weighted by Crippen LogP contribution is -2.00. The van der Waals surface area contributed by atoms with Crippen molar-refractivity contribution in [3.63, 3.8) is 0 Å². The van der Waals surface area contributed by atoms with Gasteiger partial charge < -0.3 is 14.8 Å². The molecule has 1 aromatic carbocycles. The molecule has 0 saturated heterocycles. The Hall–Kier alpha value is -3.65. The van der Waals surface area contributed by atoms with Crippen LogP contribution in [0.15, 0.2) is 60.9 Å². The zero-order valence-corrected chi connectivity index (χ0v) is 16.6. The van der Waals surface area contributed by atoms with E-state index in [0.29, 0.717) is 17.3 Å². The van der Waals surface area contributed by atoms with Crippen LogP contribution in [0, 0.1) is 0 Å². The number of fused-ring (bicyclic) bond motifs is 2. The molecule has 0 aliphatic carbocycles. The Kier molecular flexibility index (Phi) is 4.25. The number of hydrogen-bond acceptors (Lipinski definition) is 7. The third kappa shape index (κ3) is 3.13. The standard InChI is InChI=1S/C21H17N5O2S/c1-27-16-6-5-14(11-17(16)28-2)24-19-7-8-20-23-12-15(26(20)25-19)18-10-13-4-3-9-22-21(13)29-18/h3-12H,1-2H3,(H,24,25). The van der Waals surface area contributed by atoms with Crippen molar-refractivity contribution in [2.24, 2.45) is 0 Å². The van der Waals surface area contributed by atoms with Gasteiger partial charge in [0, 0.05) is 23.3 Å². The van der Waals surface area contributed by atoms with Crippen molar-refractivity contribution in [3.05, 3.63) is 60.9 Å². The van der Waals surface area contributed by atoms with Gasteiger partial charge >= 0.3 is 0 Å². The first-order valence-corrected chi connectivity index (χ1v) is 9.75. The van der Waals surface area contributed by atoms with Crippen LogP contribution in [-0.4, -0.2) is 33.8 Å². The molecule has 4 heterocycles. The predicted molar refractivity (Wildman–Crippen MR) is 114 cm³/mol. The number of imidazole rings is 1. The molecule has 8 heteroatoms. The normalized spacial score (nSPS) is 11.1. The summed E-state index contributed by atoms with van der Waals surface area (Å²) < 4.78 is 12.5. The van der Waals surface area contributed by atoms with Gasteiger partial charge in [0.2, 0.25) is 0 Å². The highest BCUT2D eigenvalue weighted by atomic mass is 32.1. The van der Waals surface area contributed by atoms with Gasteiger partial charge in [0.15, 0.2) is 23.0 Å². The molecule has 0 atom stereocenters. The van der Waals surface area contributed by atoms with Gasteiger partial charge in [0.05, 0.1) is 25.3 Å². The lowest BCUT2D eigenvalue weighted by Gasteiger charge is -2.11. The van der Waals surface area contributed by atoms with Crippen molar-refractivity contribution in [3.8, 4) is 22.1 Å². The monoisotopic (exact) mass is 403 g/mol. The molecule has 0 aliphatic rings. The Balaban J connectivity index is 1.52. The maximum Gasteiger partial charge on any atom is 0.162 e. The molecule has 0 amide bonds. The first-order valence-electron chi connectivity index (χ1n) is 8.94. The number of nitrogens with zero attached hydrogens (tertiary/aromatic N) is 4. The van der Waals surface area contributed by atoms with Gasteiger partial charge in [-0.25, -0.2) is 14.5 Å². The number of rotatable bonds is 5. The van der Waals surface area contributed by atoms with Crippen LogP contribution in [-0.2, 0) is 0 Å². The summed E-state index contributed by atoms with van der Waals surface area (Å²) >= 11 is 1.63. The highest BCUT2D eigenvalue weighted by Gasteiger charge is 2.12. The summed E-state index contributed by atoms with van der Waals surface area (Å²) in [5, 5.41) is 9.16. The van der Waals surface area contributed by atoms with E-state index in [4.69, 9.17) is 14.6 Å². The van der Waals surface area contributed by atoms with Crippen molar-refractivity contribution >= 4 is 38.7 Å². The molecule has 29 heavy (non-hydrogen) atoms. The highest BCUT2D eigenvalue weighted by Crippen LogP contribution is 2.33. The summed E-state index contributed by atoms with van der Waals surface area (Å²) in [5.41, 5.74) is 2.56. The molecule has 5 aromatic rings. The zero-order valence-electron chi connectivity index (χ0n) is 15.8. The third-order valence-corrected chi connectivity index (χ3v) is 5.65. The molecule has 0 radical (unpaired) electrons. The van der Waals surface area contributed by atoms with Crippen molar-refractivity contribution < 1.29 is 9.47 Å². The second-order valence-electron chi connectivity index (χ2n) is 6.34. The van der Waals surface area contributed by atoms with Crippen LogP contribution in [0.5, 0.6) is 11.5 Å². The second kappa shape index (κ2) is 7.06. The van der Waals surface area contributed by atoms with Gasteiger partial charge in [0.1, 0.15) is 10.5 Å². The molecule has 144 valence electrons. The summed E-state index contributed by atoms with van der Waals surface area (Å²) in [6.07, 6.45) is 3.65. The Morgan fingerprint density at radius 2 is 1.86 bits per heavy atom. The highest BCUT2D eigenvalue weighted by molar-refractivity contribution is 7.21. The molecular weight excluding hydrogens is 386 g/mol. The number of thiophene rings is 1. The van der Waals surface area contributed by atoms with E-state index in [1.165, 1.54) is 0 Å². The fourth-order valence-corrected chi connectivity index (χ4v) is 4.17. The Labute approximate surface area is 170 Å². The maximum atomic E-state index is 5.37. The van der Waals surface area contributed by atoms with Gasteiger partial charge in [-0.15, -0.1) is 16.4 Å². The minimum Gasteiger partial charge on any atom is -0.493 e. The quantitative estimate of drug-likeness (QED) is 0.456. The number of methoxy groups -OCH3 is 2. The minimum absolute atomic E-state index is 0.652. The fraction of sp³-hybridized carbons (Fsp3) is 0.0952. The van der Waals surface area contributed by atoms with Crippen molar-refractivity contribution in [1.29, 1.82) is 0 Å². The van der Waals surface area contributed by atoms with Crippen molar-refractivity contribution in [1.82, 2.24) is 19.6 Å².